The van der Waals surface area contributed by atoms with E-state index in [9.17, 15) is 0 Å². The minimum atomic E-state index is 0.998. The predicted octanol–water partition coefficient (Wildman–Crippen LogP) is 10.6. The van der Waals surface area contributed by atoms with E-state index in [1.165, 1.54) is 56.1 Å². The summed E-state index contributed by atoms with van der Waals surface area (Å²) in [6.45, 7) is 25.7. The average molecular weight is 643 g/mol. The van der Waals surface area contributed by atoms with Crippen molar-refractivity contribution >= 4 is 33.9 Å². The second-order valence-corrected chi connectivity index (χ2v) is 12.0. The van der Waals surface area contributed by atoms with Crippen molar-refractivity contribution in [2.45, 2.75) is 55.4 Å². The Morgan fingerprint density at radius 2 is 0.479 bits per heavy atom. The van der Waals surface area contributed by atoms with Gasteiger partial charge in [0.1, 0.15) is 0 Å². The average Bonchev–Trinajstić information content (AvgIpc) is 3.14. The van der Waals surface area contributed by atoms with E-state index in [0.29, 0.717) is 0 Å². The van der Waals surface area contributed by atoms with E-state index >= 15 is 0 Å². The SMILES string of the molecule is CCN(CC)c1ccc(C(=CC=C(c2ccc(N(CC)CC)cc2)c2ccc(N(CC)CC)cc2)c2ccc(N(CC)CC)cc2)cc1. The molecule has 0 heterocycles. The van der Waals surface area contributed by atoms with Gasteiger partial charge in [-0.25, -0.2) is 0 Å². The molecular weight excluding hydrogens is 585 g/mol. The van der Waals surface area contributed by atoms with Crippen LogP contribution in [0.1, 0.15) is 77.6 Å². The van der Waals surface area contributed by atoms with Crippen molar-refractivity contribution in [2.75, 3.05) is 72.0 Å². The molecule has 0 fully saturated rings. The lowest BCUT2D eigenvalue weighted by Gasteiger charge is -2.22. The number of hydrogen-bond acceptors (Lipinski definition) is 4. The predicted molar refractivity (Wildman–Crippen MR) is 214 cm³/mol. The fraction of sp³-hybridized carbons (Fsp3) is 0.364. The van der Waals surface area contributed by atoms with Gasteiger partial charge < -0.3 is 19.6 Å². The summed E-state index contributed by atoms with van der Waals surface area (Å²) < 4.78 is 0. The van der Waals surface area contributed by atoms with Gasteiger partial charge in [0.2, 0.25) is 0 Å². The molecule has 0 atom stereocenters. The summed E-state index contributed by atoms with van der Waals surface area (Å²) in [5.74, 6) is 0. The highest BCUT2D eigenvalue weighted by molar-refractivity contribution is 5.87. The molecule has 0 bridgehead atoms. The molecule has 0 radical (unpaired) electrons. The van der Waals surface area contributed by atoms with Crippen molar-refractivity contribution in [2.24, 2.45) is 0 Å². The minimum absolute atomic E-state index is 0.998. The monoisotopic (exact) mass is 642 g/mol. The molecule has 254 valence electrons. The molecule has 0 aliphatic heterocycles. The highest BCUT2D eigenvalue weighted by atomic mass is 15.1. The highest BCUT2D eigenvalue weighted by Crippen LogP contribution is 2.32. The molecule has 0 aliphatic carbocycles. The Labute approximate surface area is 292 Å². The van der Waals surface area contributed by atoms with Gasteiger partial charge in [0.15, 0.2) is 0 Å². The molecule has 0 aromatic heterocycles. The second kappa shape index (κ2) is 18.2. The lowest BCUT2D eigenvalue weighted by atomic mass is 9.93. The number of hydrogen-bond donors (Lipinski definition) is 0. The number of allylic oxidation sites excluding steroid dienone is 2. The number of nitrogens with zero attached hydrogens (tertiary/aromatic N) is 4. The zero-order valence-corrected chi connectivity index (χ0v) is 30.8. The summed E-state index contributed by atoms with van der Waals surface area (Å²) in [5.41, 5.74) is 12.3. The third-order valence-corrected chi connectivity index (χ3v) is 9.64. The van der Waals surface area contributed by atoms with E-state index in [2.05, 4.69) is 184 Å². The Kier molecular flexibility index (Phi) is 13.8. The van der Waals surface area contributed by atoms with Crippen LogP contribution in [0.2, 0.25) is 0 Å². The van der Waals surface area contributed by atoms with Crippen molar-refractivity contribution in [1.29, 1.82) is 0 Å². The molecular formula is C44H58N4. The number of benzene rings is 4. The third kappa shape index (κ3) is 8.72. The molecule has 0 N–H and O–H groups in total. The quantitative estimate of drug-likeness (QED) is 0.106. The van der Waals surface area contributed by atoms with E-state index < -0.39 is 0 Å². The van der Waals surface area contributed by atoms with Gasteiger partial charge in [-0.1, -0.05) is 60.7 Å². The standard InChI is InChI=1S/C44H58N4/c1-9-45(10-2)39-25-17-35(18-26-39)43(36-19-27-40(28-20-36)46(11-3)12-4)33-34-44(37-21-29-41(30-22-37)47(13-5)14-6)38-23-31-42(32-24-38)48(15-7)16-8/h17-34H,9-16H2,1-8H3. The second-order valence-electron chi connectivity index (χ2n) is 12.0. The summed E-state index contributed by atoms with van der Waals surface area (Å²) in [6, 6.07) is 36.4. The van der Waals surface area contributed by atoms with Crippen molar-refractivity contribution in [3.05, 3.63) is 131 Å². The molecule has 4 heteroatoms. The fourth-order valence-electron chi connectivity index (χ4n) is 6.65. The molecule has 0 spiro atoms. The summed E-state index contributed by atoms with van der Waals surface area (Å²) in [7, 11) is 0. The zero-order valence-electron chi connectivity index (χ0n) is 30.8. The Balaban J connectivity index is 1.87. The van der Waals surface area contributed by atoms with Crippen LogP contribution in [0.25, 0.3) is 11.1 Å². The fourth-order valence-corrected chi connectivity index (χ4v) is 6.65. The molecule has 4 rings (SSSR count). The lowest BCUT2D eigenvalue weighted by molar-refractivity contribution is 0.866. The van der Waals surface area contributed by atoms with Crippen molar-refractivity contribution in [3.8, 4) is 0 Å². The van der Waals surface area contributed by atoms with Gasteiger partial charge in [0.05, 0.1) is 0 Å². The maximum absolute atomic E-state index is 2.40. The van der Waals surface area contributed by atoms with Crippen molar-refractivity contribution in [3.63, 3.8) is 0 Å². The first-order valence-corrected chi connectivity index (χ1v) is 18.3. The number of rotatable bonds is 17. The van der Waals surface area contributed by atoms with Gasteiger partial charge in [-0.2, -0.15) is 0 Å². The van der Waals surface area contributed by atoms with Gasteiger partial charge in [-0.3, -0.25) is 0 Å². The molecule has 0 saturated heterocycles. The molecule has 0 saturated carbocycles. The van der Waals surface area contributed by atoms with Crippen LogP contribution in [0, 0.1) is 0 Å². The van der Waals surface area contributed by atoms with Gasteiger partial charge in [-0.15, -0.1) is 0 Å². The van der Waals surface area contributed by atoms with E-state index in [1.54, 1.807) is 0 Å². The van der Waals surface area contributed by atoms with Crippen LogP contribution in [-0.4, -0.2) is 52.4 Å². The van der Waals surface area contributed by atoms with E-state index in [-0.39, 0.29) is 0 Å². The summed E-state index contributed by atoms with van der Waals surface area (Å²) >= 11 is 0. The Morgan fingerprint density at radius 3 is 0.625 bits per heavy atom. The largest absolute Gasteiger partial charge is 0.372 e. The van der Waals surface area contributed by atoms with Crippen LogP contribution in [-0.2, 0) is 0 Å². The zero-order chi connectivity index (χ0) is 34.5. The van der Waals surface area contributed by atoms with Crippen LogP contribution in [0.3, 0.4) is 0 Å². The molecule has 0 unspecified atom stereocenters. The maximum Gasteiger partial charge on any atom is 0.0366 e. The molecule has 4 nitrogen and oxygen atoms in total. The Bertz CT molecular complexity index is 1330. The Hall–Kier alpha value is -4.44. The van der Waals surface area contributed by atoms with Crippen molar-refractivity contribution in [1.82, 2.24) is 0 Å². The topological polar surface area (TPSA) is 13.0 Å². The normalized spacial score (nSPS) is 10.8. The summed E-state index contributed by atoms with van der Waals surface area (Å²) in [4.78, 5) is 9.59. The van der Waals surface area contributed by atoms with Gasteiger partial charge >= 0.3 is 0 Å². The third-order valence-electron chi connectivity index (χ3n) is 9.64. The molecule has 4 aromatic rings. The van der Waals surface area contributed by atoms with E-state index in [4.69, 9.17) is 0 Å². The first-order valence-electron chi connectivity index (χ1n) is 18.3. The van der Waals surface area contributed by atoms with Crippen LogP contribution in [0.15, 0.2) is 109 Å². The number of anilines is 4. The van der Waals surface area contributed by atoms with E-state index in [0.717, 1.165) is 52.4 Å². The lowest BCUT2D eigenvalue weighted by Crippen LogP contribution is -2.21. The van der Waals surface area contributed by atoms with E-state index in [1.807, 2.05) is 0 Å². The molecule has 48 heavy (non-hydrogen) atoms. The first-order chi connectivity index (χ1) is 23.4. The van der Waals surface area contributed by atoms with Crippen LogP contribution in [0.4, 0.5) is 22.7 Å². The first kappa shape index (κ1) is 36.4. The van der Waals surface area contributed by atoms with Crippen molar-refractivity contribution < 1.29 is 0 Å². The molecule has 4 aromatic carbocycles. The summed E-state index contributed by atoms with van der Waals surface area (Å²) in [6.07, 6.45) is 4.65. The van der Waals surface area contributed by atoms with Gasteiger partial charge in [0.25, 0.3) is 0 Å². The molecule has 0 amide bonds. The molecule has 0 aliphatic rings. The highest BCUT2D eigenvalue weighted by Gasteiger charge is 2.12. The van der Waals surface area contributed by atoms with Gasteiger partial charge in [-0.05, 0) is 137 Å². The van der Waals surface area contributed by atoms with Crippen LogP contribution in [0.5, 0.6) is 0 Å². The maximum atomic E-state index is 2.40. The van der Waals surface area contributed by atoms with Crippen LogP contribution >= 0.6 is 0 Å². The Morgan fingerprint density at radius 1 is 0.312 bits per heavy atom. The minimum Gasteiger partial charge on any atom is -0.372 e. The van der Waals surface area contributed by atoms with Gasteiger partial charge in [0, 0.05) is 75.1 Å². The van der Waals surface area contributed by atoms with Crippen LogP contribution < -0.4 is 19.6 Å². The summed E-state index contributed by atoms with van der Waals surface area (Å²) in [5, 5.41) is 0. The smallest absolute Gasteiger partial charge is 0.0366 e.